The Morgan fingerprint density at radius 3 is 2.46 bits per heavy atom. The van der Waals surface area contributed by atoms with Crippen LogP contribution in [0.5, 0.6) is 5.75 Å². The zero-order valence-corrected chi connectivity index (χ0v) is 13.6. The normalized spacial score (nSPS) is 11.7. The Balaban J connectivity index is 2.04. The van der Waals surface area contributed by atoms with E-state index in [-0.39, 0.29) is 0 Å². The van der Waals surface area contributed by atoms with Crippen LogP contribution < -0.4 is 4.74 Å². The Morgan fingerprint density at radius 2 is 1.79 bits per heavy atom. The fraction of sp³-hybridized carbons (Fsp3) is 0.167. The summed E-state index contributed by atoms with van der Waals surface area (Å²) in [5.74, 6) is 1.01. The van der Waals surface area contributed by atoms with Gasteiger partial charge in [0.05, 0.1) is 12.6 Å². The van der Waals surface area contributed by atoms with E-state index in [9.17, 15) is 13.2 Å². The van der Waals surface area contributed by atoms with E-state index >= 15 is 0 Å². The summed E-state index contributed by atoms with van der Waals surface area (Å²) in [6.07, 6.45) is -4.47. The molecule has 6 heteroatoms. The van der Waals surface area contributed by atoms with Gasteiger partial charge in [0, 0.05) is 16.0 Å². The number of ether oxygens (including phenoxy) is 1. The summed E-state index contributed by atoms with van der Waals surface area (Å²) in [7, 11) is 1.52. The van der Waals surface area contributed by atoms with Gasteiger partial charge in [-0.15, -0.1) is 11.8 Å². The van der Waals surface area contributed by atoms with Gasteiger partial charge in [0.15, 0.2) is 0 Å². The molecule has 124 valence electrons. The van der Waals surface area contributed by atoms with E-state index in [0.717, 1.165) is 11.0 Å². The number of hydrogen-bond donors (Lipinski definition) is 0. The van der Waals surface area contributed by atoms with Crippen LogP contribution in [-0.4, -0.2) is 12.1 Å². The summed E-state index contributed by atoms with van der Waals surface area (Å²) >= 11 is 1.49. The van der Waals surface area contributed by atoms with Gasteiger partial charge in [-0.3, -0.25) is 0 Å². The molecule has 0 aliphatic heterocycles. The number of thioether (sulfide) groups is 1. The van der Waals surface area contributed by atoms with Crippen molar-refractivity contribution in [2.24, 2.45) is 0 Å². The number of nitrogens with zero attached hydrogens (tertiary/aromatic N) is 1. The van der Waals surface area contributed by atoms with Crippen molar-refractivity contribution in [3.05, 3.63) is 65.9 Å². The molecule has 0 aliphatic rings. The lowest BCUT2D eigenvalue weighted by Gasteiger charge is -2.12. The van der Waals surface area contributed by atoms with Gasteiger partial charge in [0.2, 0.25) is 0 Å². The van der Waals surface area contributed by atoms with Crippen molar-refractivity contribution in [2.75, 3.05) is 7.11 Å². The second-order valence-corrected chi connectivity index (χ2v) is 6.20. The highest BCUT2D eigenvalue weighted by Crippen LogP contribution is 2.34. The Hall–Kier alpha value is -2.21. The summed E-state index contributed by atoms with van der Waals surface area (Å²) in [5.41, 5.74) is 0.0261. The van der Waals surface area contributed by atoms with Crippen LogP contribution in [-0.2, 0) is 11.9 Å². The SMILES string of the molecule is COc1ccc2nc(C(F)(F)F)cc(CSc3ccccc3)c2c1. The van der Waals surface area contributed by atoms with Gasteiger partial charge in [-0.05, 0) is 42.0 Å². The van der Waals surface area contributed by atoms with Gasteiger partial charge in [-0.25, -0.2) is 4.98 Å². The molecule has 0 unspecified atom stereocenters. The monoisotopic (exact) mass is 349 g/mol. The summed E-state index contributed by atoms with van der Waals surface area (Å²) in [4.78, 5) is 4.75. The Labute approximate surface area is 141 Å². The number of benzene rings is 2. The lowest BCUT2D eigenvalue weighted by molar-refractivity contribution is -0.141. The topological polar surface area (TPSA) is 22.1 Å². The molecule has 24 heavy (non-hydrogen) atoms. The number of aromatic nitrogens is 1. The van der Waals surface area contributed by atoms with Crippen LogP contribution in [0.3, 0.4) is 0 Å². The Kier molecular flexibility index (Phi) is 4.66. The molecule has 0 fully saturated rings. The third-order valence-electron chi connectivity index (χ3n) is 3.53. The van der Waals surface area contributed by atoms with Gasteiger partial charge < -0.3 is 4.74 Å². The molecule has 2 nitrogen and oxygen atoms in total. The van der Waals surface area contributed by atoms with E-state index in [1.807, 2.05) is 30.3 Å². The van der Waals surface area contributed by atoms with E-state index in [1.165, 1.54) is 18.9 Å². The van der Waals surface area contributed by atoms with Crippen LogP contribution >= 0.6 is 11.8 Å². The second kappa shape index (κ2) is 6.73. The molecule has 0 N–H and O–H groups in total. The second-order valence-electron chi connectivity index (χ2n) is 5.15. The van der Waals surface area contributed by atoms with E-state index in [0.29, 0.717) is 28.0 Å². The van der Waals surface area contributed by atoms with Crippen LogP contribution in [0.1, 0.15) is 11.3 Å². The molecule has 0 amide bonds. The lowest BCUT2D eigenvalue weighted by atomic mass is 10.1. The summed E-state index contributed by atoms with van der Waals surface area (Å²) in [5, 5.41) is 0.672. The molecule has 0 aliphatic carbocycles. The number of fused-ring (bicyclic) bond motifs is 1. The number of halogens is 3. The molecule has 0 radical (unpaired) electrons. The van der Waals surface area contributed by atoms with Gasteiger partial charge in [0.1, 0.15) is 11.4 Å². The Morgan fingerprint density at radius 1 is 1.04 bits per heavy atom. The molecule has 1 heterocycles. The van der Waals surface area contributed by atoms with Crippen LogP contribution in [0.2, 0.25) is 0 Å². The summed E-state index contributed by atoms with van der Waals surface area (Å²) in [6.45, 7) is 0. The highest BCUT2D eigenvalue weighted by molar-refractivity contribution is 7.98. The van der Waals surface area contributed by atoms with E-state index < -0.39 is 11.9 Å². The molecule has 0 spiro atoms. The number of alkyl halides is 3. The smallest absolute Gasteiger partial charge is 0.433 e. The van der Waals surface area contributed by atoms with E-state index in [1.54, 1.807) is 18.2 Å². The maximum atomic E-state index is 13.1. The predicted octanol–water partition coefficient (Wildman–Crippen LogP) is 5.55. The average Bonchev–Trinajstić information content (AvgIpc) is 2.59. The minimum absolute atomic E-state index is 0.314. The van der Waals surface area contributed by atoms with Crippen molar-refractivity contribution in [1.82, 2.24) is 4.98 Å². The van der Waals surface area contributed by atoms with Crippen molar-refractivity contribution < 1.29 is 17.9 Å². The van der Waals surface area contributed by atoms with Gasteiger partial charge in [-0.2, -0.15) is 13.2 Å². The molecule has 2 aromatic carbocycles. The quantitative estimate of drug-likeness (QED) is 0.576. The van der Waals surface area contributed by atoms with Crippen molar-refractivity contribution in [2.45, 2.75) is 16.8 Å². The highest BCUT2D eigenvalue weighted by Gasteiger charge is 2.33. The molecule has 0 saturated heterocycles. The minimum atomic E-state index is -4.47. The van der Waals surface area contributed by atoms with Gasteiger partial charge in [0.25, 0.3) is 0 Å². The van der Waals surface area contributed by atoms with Crippen molar-refractivity contribution in [3.63, 3.8) is 0 Å². The standard InChI is InChI=1S/C18H14F3NOS/c1-23-13-7-8-16-15(10-13)12(9-17(22-16)18(19,20)21)11-24-14-5-3-2-4-6-14/h2-10H,11H2,1H3. The number of rotatable bonds is 4. The van der Waals surface area contributed by atoms with Crippen LogP contribution in [0.4, 0.5) is 13.2 Å². The molecule has 1 aromatic heterocycles. The molecular formula is C18H14F3NOS. The Bertz CT molecular complexity index is 850. The maximum absolute atomic E-state index is 13.1. The number of pyridine rings is 1. The fourth-order valence-electron chi connectivity index (χ4n) is 2.34. The average molecular weight is 349 g/mol. The first-order valence-corrected chi connectivity index (χ1v) is 8.18. The van der Waals surface area contributed by atoms with Crippen LogP contribution in [0.15, 0.2) is 59.5 Å². The largest absolute Gasteiger partial charge is 0.497 e. The predicted molar refractivity (Wildman–Crippen MR) is 89.3 cm³/mol. The molecule has 0 bridgehead atoms. The zero-order chi connectivity index (χ0) is 17.2. The zero-order valence-electron chi connectivity index (χ0n) is 12.8. The highest BCUT2D eigenvalue weighted by atomic mass is 32.2. The van der Waals surface area contributed by atoms with Crippen molar-refractivity contribution in [3.8, 4) is 5.75 Å². The maximum Gasteiger partial charge on any atom is 0.433 e. The van der Waals surface area contributed by atoms with E-state index in [2.05, 4.69) is 4.98 Å². The molecule has 3 aromatic rings. The number of methoxy groups -OCH3 is 1. The first kappa shape index (κ1) is 16.6. The van der Waals surface area contributed by atoms with Crippen LogP contribution in [0.25, 0.3) is 10.9 Å². The van der Waals surface area contributed by atoms with Crippen molar-refractivity contribution >= 4 is 22.7 Å². The summed E-state index contributed by atoms with van der Waals surface area (Å²) < 4.78 is 44.5. The molecule has 0 atom stereocenters. The first-order valence-electron chi connectivity index (χ1n) is 7.20. The van der Waals surface area contributed by atoms with Gasteiger partial charge in [-0.1, -0.05) is 18.2 Å². The van der Waals surface area contributed by atoms with E-state index in [4.69, 9.17) is 4.74 Å². The number of hydrogen-bond acceptors (Lipinski definition) is 3. The van der Waals surface area contributed by atoms with Crippen LogP contribution in [0, 0.1) is 0 Å². The minimum Gasteiger partial charge on any atom is -0.497 e. The first-order chi connectivity index (χ1) is 11.5. The molecule has 0 saturated carbocycles. The lowest BCUT2D eigenvalue weighted by Crippen LogP contribution is -2.09. The molecule has 3 rings (SSSR count). The molecular weight excluding hydrogens is 335 g/mol. The third kappa shape index (κ3) is 3.64. The fourth-order valence-corrected chi connectivity index (χ4v) is 3.25. The third-order valence-corrected chi connectivity index (χ3v) is 4.59. The van der Waals surface area contributed by atoms with Crippen molar-refractivity contribution in [1.29, 1.82) is 0 Å². The summed E-state index contributed by atoms with van der Waals surface area (Å²) in [6, 6.07) is 15.6. The van der Waals surface area contributed by atoms with Gasteiger partial charge >= 0.3 is 6.18 Å².